The summed E-state index contributed by atoms with van der Waals surface area (Å²) in [5, 5.41) is 2.98. The second-order valence-corrected chi connectivity index (χ2v) is 5.78. The van der Waals surface area contributed by atoms with Gasteiger partial charge in [0.25, 0.3) is 5.91 Å². The normalized spacial score (nSPS) is 12.7. The van der Waals surface area contributed by atoms with Crippen LogP contribution in [0.25, 0.3) is 6.08 Å². The molecule has 0 aromatic heterocycles. The molecule has 1 N–H and O–H groups in total. The number of fused-ring (bicyclic) bond motifs is 1. The van der Waals surface area contributed by atoms with Crippen molar-refractivity contribution >= 4 is 35.2 Å². The minimum Gasteiger partial charge on any atom is -0.486 e. The van der Waals surface area contributed by atoms with Gasteiger partial charge in [0, 0.05) is 6.08 Å². The molecule has 1 amide bonds. The van der Waals surface area contributed by atoms with Crippen molar-refractivity contribution in [3.05, 3.63) is 59.1 Å². The predicted octanol–water partition coefficient (Wildman–Crippen LogP) is 3.31. The van der Waals surface area contributed by atoms with E-state index in [4.69, 9.17) is 25.8 Å². The lowest BCUT2D eigenvalue weighted by Crippen LogP contribution is -2.20. The number of hydrogen-bond acceptors (Lipinski definition) is 5. The Morgan fingerprint density at radius 3 is 2.69 bits per heavy atom. The molecule has 0 fully saturated rings. The minimum atomic E-state index is -0.630. The Labute approximate surface area is 155 Å². The van der Waals surface area contributed by atoms with Gasteiger partial charge in [0.2, 0.25) is 0 Å². The van der Waals surface area contributed by atoms with Gasteiger partial charge < -0.3 is 19.5 Å². The maximum absolute atomic E-state index is 11.8. The number of para-hydroxylation sites is 1. The molecule has 2 aromatic carbocycles. The van der Waals surface area contributed by atoms with E-state index in [9.17, 15) is 9.59 Å². The van der Waals surface area contributed by atoms with E-state index in [0.717, 1.165) is 5.56 Å². The second kappa shape index (κ2) is 8.40. The van der Waals surface area contributed by atoms with Crippen LogP contribution in [0.5, 0.6) is 11.5 Å². The molecule has 6 nitrogen and oxygen atoms in total. The zero-order valence-electron chi connectivity index (χ0n) is 13.7. The summed E-state index contributed by atoms with van der Waals surface area (Å²) in [6, 6.07) is 12.1. The van der Waals surface area contributed by atoms with Crippen LogP contribution in [0, 0.1) is 0 Å². The highest BCUT2D eigenvalue weighted by Crippen LogP contribution is 2.31. The molecule has 1 heterocycles. The quantitative estimate of drug-likeness (QED) is 0.643. The van der Waals surface area contributed by atoms with Crippen LogP contribution in [0.15, 0.2) is 48.5 Å². The Kier molecular flexibility index (Phi) is 5.76. The van der Waals surface area contributed by atoms with Gasteiger partial charge in [0.15, 0.2) is 18.1 Å². The summed E-state index contributed by atoms with van der Waals surface area (Å²) in [6.45, 7) is 0.600. The Balaban J connectivity index is 1.50. The predicted molar refractivity (Wildman–Crippen MR) is 97.5 cm³/mol. The molecular weight excluding hydrogens is 358 g/mol. The van der Waals surface area contributed by atoms with Crippen LogP contribution in [0.1, 0.15) is 5.56 Å². The van der Waals surface area contributed by atoms with Gasteiger partial charge in [0.05, 0.1) is 10.7 Å². The zero-order valence-corrected chi connectivity index (χ0v) is 14.5. The van der Waals surface area contributed by atoms with E-state index in [0.29, 0.717) is 35.4 Å². The first-order valence-electron chi connectivity index (χ1n) is 7.91. The van der Waals surface area contributed by atoms with Gasteiger partial charge in [-0.05, 0) is 35.9 Å². The second-order valence-electron chi connectivity index (χ2n) is 5.37. The number of amides is 1. The Morgan fingerprint density at radius 2 is 1.88 bits per heavy atom. The molecule has 0 saturated carbocycles. The molecule has 26 heavy (non-hydrogen) atoms. The number of halogens is 1. The van der Waals surface area contributed by atoms with Crippen molar-refractivity contribution in [2.24, 2.45) is 0 Å². The van der Waals surface area contributed by atoms with Gasteiger partial charge in [-0.1, -0.05) is 29.8 Å². The molecule has 1 aliphatic heterocycles. The van der Waals surface area contributed by atoms with E-state index in [1.54, 1.807) is 48.5 Å². The summed E-state index contributed by atoms with van der Waals surface area (Å²) in [7, 11) is 0. The molecule has 3 rings (SSSR count). The molecule has 1 aliphatic rings. The summed E-state index contributed by atoms with van der Waals surface area (Å²) in [5.74, 6) is 0.200. The van der Waals surface area contributed by atoms with E-state index in [1.165, 1.54) is 6.08 Å². The fourth-order valence-electron chi connectivity index (χ4n) is 2.26. The van der Waals surface area contributed by atoms with Crippen molar-refractivity contribution in [1.29, 1.82) is 0 Å². The molecule has 2 aromatic rings. The van der Waals surface area contributed by atoms with Gasteiger partial charge in [-0.25, -0.2) is 4.79 Å². The highest BCUT2D eigenvalue weighted by Gasteiger charge is 2.11. The lowest BCUT2D eigenvalue weighted by molar-refractivity contribution is -0.142. The van der Waals surface area contributed by atoms with Crippen molar-refractivity contribution in [2.45, 2.75) is 0 Å². The number of carbonyl (C=O) groups excluding carboxylic acids is 2. The number of ether oxygens (including phenoxy) is 3. The standard InChI is InChI=1S/C19H16ClNO5/c20-14-3-1-2-4-15(14)21-18(22)12-26-19(23)8-6-13-5-7-16-17(11-13)25-10-9-24-16/h1-8,11H,9-10,12H2,(H,21,22)/b8-6+. The third kappa shape index (κ3) is 4.77. The van der Waals surface area contributed by atoms with E-state index in [2.05, 4.69) is 5.32 Å². The number of rotatable bonds is 5. The van der Waals surface area contributed by atoms with E-state index >= 15 is 0 Å². The van der Waals surface area contributed by atoms with Crippen LogP contribution < -0.4 is 14.8 Å². The minimum absolute atomic E-state index is 0.407. The number of carbonyl (C=O) groups is 2. The van der Waals surface area contributed by atoms with Gasteiger partial charge in [-0.15, -0.1) is 0 Å². The number of nitrogens with one attached hydrogen (secondary N) is 1. The molecule has 134 valence electrons. The molecule has 0 atom stereocenters. The molecule has 0 unspecified atom stereocenters. The van der Waals surface area contributed by atoms with Gasteiger partial charge in [-0.2, -0.15) is 0 Å². The first kappa shape index (κ1) is 17.8. The fourth-order valence-corrected chi connectivity index (χ4v) is 2.44. The Morgan fingerprint density at radius 1 is 1.12 bits per heavy atom. The van der Waals surface area contributed by atoms with Crippen molar-refractivity contribution in [3.8, 4) is 11.5 Å². The monoisotopic (exact) mass is 373 g/mol. The van der Waals surface area contributed by atoms with Crippen molar-refractivity contribution in [3.63, 3.8) is 0 Å². The Bertz CT molecular complexity index is 850. The summed E-state index contributed by atoms with van der Waals surface area (Å²) < 4.78 is 15.8. The SMILES string of the molecule is O=C(COC(=O)/C=C/c1ccc2c(c1)OCCO2)Nc1ccccc1Cl. The molecule has 0 saturated heterocycles. The van der Waals surface area contributed by atoms with Gasteiger partial charge in [-0.3, -0.25) is 4.79 Å². The van der Waals surface area contributed by atoms with Crippen LogP contribution in [0.2, 0.25) is 5.02 Å². The van der Waals surface area contributed by atoms with E-state index in [-0.39, 0.29) is 0 Å². The number of anilines is 1. The van der Waals surface area contributed by atoms with Crippen LogP contribution in [-0.4, -0.2) is 31.7 Å². The first-order chi connectivity index (χ1) is 12.6. The highest BCUT2D eigenvalue weighted by molar-refractivity contribution is 6.33. The molecule has 0 aliphatic carbocycles. The fraction of sp³-hybridized carbons (Fsp3) is 0.158. The van der Waals surface area contributed by atoms with Gasteiger partial charge >= 0.3 is 5.97 Å². The van der Waals surface area contributed by atoms with Crippen molar-refractivity contribution in [1.82, 2.24) is 0 Å². The van der Waals surface area contributed by atoms with Crippen LogP contribution >= 0.6 is 11.6 Å². The first-order valence-corrected chi connectivity index (χ1v) is 8.28. The van der Waals surface area contributed by atoms with E-state index < -0.39 is 18.5 Å². The summed E-state index contributed by atoms with van der Waals surface area (Å²) in [4.78, 5) is 23.6. The molecule has 7 heteroatoms. The third-order valence-corrected chi connectivity index (χ3v) is 3.80. The van der Waals surface area contributed by atoms with Crippen LogP contribution in [0.4, 0.5) is 5.69 Å². The molecule has 0 bridgehead atoms. The van der Waals surface area contributed by atoms with Crippen molar-refractivity contribution < 1.29 is 23.8 Å². The van der Waals surface area contributed by atoms with Crippen molar-refractivity contribution in [2.75, 3.05) is 25.1 Å². The van der Waals surface area contributed by atoms with Gasteiger partial charge in [0.1, 0.15) is 13.2 Å². The third-order valence-electron chi connectivity index (χ3n) is 3.47. The maximum Gasteiger partial charge on any atom is 0.331 e. The molecular formula is C19H16ClNO5. The largest absolute Gasteiger partial charge is 0.486 e. The van der Waals surface area contributed by atoms with Crippen LogP contribution in [-0.2, 0) is 14.3 Å². The number of hydrogen-bond donors (Lipinski definition) is 1. The van der Waals surface area contributed by atoms with Crippen LogP contribution in [0.3, 0.4) is 0 Å². The average Bonchev–Trinajstić information content (AvgIpc) is 2.66. The lowest BCUT2D eigenvalue weighted by Gasteiger charge is -2.18. The summed E-state index contributed by atoms with van der Waals surface area (Å²) in [6.07, 6.45) is 2.82. The topological polar surface area (TPSA) is 73.9 Å². The molecule has 0 radical (unpaired) electrons. The van der Waals surface area contributed by atoms with E-state index in [1.807, 2.05) is 0 Å². The number of benzene rings is 2. The Hall–Kier alpha value is -2.99. The average molecular weight is 374 g/mol. The highest BCUT2D eigenvalue weighted by atomic mass is 35.5. The molecule has 0 spiro atoms. The lowest BCUT2D eigenvalue weighted by atomic mass is 10.2. The summed E-state index contributed by atoms with van der Waals surface area (Å²) >= 11 is 5.95. The smallest absolute Gasteiger partial charge is 0.331 e. The zero-order chi connectivity index (χ0) is 18.4. The summed E-state index contributed by atoms with van der Waals surface area (Å²) in [5.41, 5.74) is 1.22. The number of esters is 1. The maximum atomic E-state index is 11.8.